The van der Waals surface area contributed by atoms with Gasteiger partial charge in [-0.3, -0.25) is 14.9 Å². The Balaban J connectivity index is 1.90. The van der Waals surface area contributed by atoms with Gasteiger partial charge in [0.2, 0.25) is 0 Å². The second-order valence-electron chi connectivity index (χ2n) is 4.66. The molecule has 0 aliphatic carbocycles. The quantitative estimate of drug-likeness (QED) is 0.392. The van der Waals surface area contributed by atoms with Crippen LogP contribution in [0.1, 0.15) is 10.4 Å². The van der Waals surface area contributed by atoms with E-state index >= 15 is 0 Å². The molecular weight excluding hydrogens is 397 g/mol. The fourth-order valence-corrected chi connectivity index (χ4v) is 2.71. The van der Waals surface area contributed by atoms with Gasteiger partial charge in [0.25, 0.3) is 11.6 Å². The Hall–Kier alpha value is -2.42. The molecule has 0 bridgehead atoms. The molecule has 1 amide bonds. The molecule has 2 aromatic carbocycles. The zero-order valence-electron chi connectivity index (χ0n) is 11.2. The van der Waals surface area contributed by atoms with Crippen LogP contribution in [0.5, 0.6) is 0 Å². The van der Waals surface area contributed by atoms with E-state index in [0.29, 0.717) is 9.26 Å². The summed E-state index contributed by atoms with van der Waals surface area (Å²) in [4.78, 5) is 25.7. The highest BCUT2D eigenvalue weighted by molar-refractivity contribution is 14.1. The number of nitro benzene ring substituents is 1. The number of fused-ring (bicyclic) bond motifs is 1. The molecule has 1 heterocycles. The van der Waals surface area contributed by atoms with Gasteiger partial charge in [-0.1, -0.05) is 0 Å². The number of hydrogen-bond donors (Lipinski definition) is 2. The van der Waals surface area contributed by atoms with Gasteiger partial charge in [0, 0.05) is 38.5 Å². The number of nitro groups is 1. The Bertz CT molecular complexity index is 889. The van der Waals surface area contributed by atoms with Crippen LogP contribution in [0.4, 0.5) is 11.4 Å². The zero-order valence-corrected chi connectivity index (χ0v) is 13.3. The van der Waals surface area contributed by atoms with Crippen LogP contribution in [0.15, 0.2) is 48.7 Å². The topological polar surface area (TPSA) is 88.0 Å². The maximum absolute atomic E-state index is 12.3. The number of aromatic nitrogens is 1. The number of non-ortho nitro benzene ring substituents is 1. The van der Waals surface area contributed by atoms with Gasteiger partial charge in [-0.2, -0.15) is 0 Å². The van der Waals surface area contributed by atoms with E-state index in [1.54, 1.807) is 12.1 Å². The van der Waals surface area contributed by atoms with Crippen LogP contribution in [0.25, 0.3) is 10.9 Å². The molecule has 0 atom stereocenters. The number of anilines is 1. The first-order valence-electron chi connectivity index (χ1n) is 6.37. The van der Waals surface area contributed by atoms with Crippen LogP contribution in [0.2, 0.25) is 0 Å². The summed E-state index contributed by atoms with van der Waals surface area (Å²) in [5, 5.41) is 14.6. The number of rotatable bonds is 3. The highest BCUT2D eigenvalue weighted by atomic mass is 127. The summed E-state index contributed by atoms with van der Waals surface area (Å²) in [7, 11) is 0. The molecule has 3 aromatic rings. The Labute approximate surface area is 138 Å². The molecule has 0 saturated carbocycles. The normalized spacial score (nSPS) is 10.6. The molecule has 0 saturated heterocycles. The Kier molecular flexibility index (Phi) is 3.80. The summed E-state index contributed by atoms with van der Waals surface area (Å²) in [5.74, 6) is -0.372. The lowest BCUT2D eigenvalue weighted by atomic mass is 10.1. The first-order valence-corrected chi connectivity index (χ1v) is 7.45. The lowest BCUT2D eigenvalue weighted by molar-refractivity contribution is -0.384. The van der Waals surface area contributed by atoms with Crippen molar-refractivity contribution in [3.05, 3.63) is 67.9 Å². The highest BCUT2D eigenvalue weighted by Gasteiger charge is 2.15. The van der Waals surface area contributed by atoms with Crippen LogP contribution < -0.4 is 5.32 Å². The lowest BCUT2D eigenvalue weighted by Crippen LogP contribution is -2.13. The van der Waals surface area contributed by atoms with E-state index in [1.807, 2.05) is 47.0 Å². The van der Waals surface area contributed by atoms with E-state index in [9.17, 15) is 14.9 Å². The third-order valence-electron chi connectivity index (χ3n) is 3.22. The number of halogens is 1. The second kappa shape index (κ2) is 5.76. The molecule has 2 N–H and O–H groups in total. The molecule has 0 radical (unpaired) electrons. The second-order valence-corrected chi connectivity index (χ2v) is 5.82. The number of benzene rings is 2. The van der Waals surface area contributed by atoms with Crippen molar-refractivity contribution in [2.75, 3.05) is 5.32 Å². The summed E-state index contributed by atoms with van der Waals surface area (Å²) in [6.07, 6.45) is 1.82. The van der Waals surface area contributed by atoms with Crippen LogP contribution >= 0.6 is 22.6 Å². The van der Waals surface area contributed by atoms with E-state index in [-0.39, 0.29) is 17.2 Å². The summed E-state index contributed by atoms with van der Waals surface area (Å²) >= 11 is 1.98. The van der Waals surface area contributed by atoms with Crippen molar-refractivity contribution in [2.24, 2.45) is 0 Å². The van der Waals surface area contributed by atoms with E-state index in [4.69, 9.17) is 0 Å². The first kappa shape index (κ1) is 14.5. The Morgan fingerprint density at radius 1 is 1.18 bits per heavy atom. The Morgan fingerprint density at radius 3 is 2.77 bits per heavy atom. The molecule has 3 rings (SSSR count). The number of H-pyrrole nitrogens is 1. The fourth-order valence-electron chi connectivity index (χ4n) is 2.13. The monoisotopic (exact) mass is 407 g/mol. The van der Waals surface area contributed by atoms with Gasteiger partial charge < -0.3 is 10.3 Å². The minimum absolute atomic E-state index is 0.105. The molecule has 1 aromatic heterocycles. The molecule has 6 nitrogen and oxygen atoms in total. The fraction of sp³-hybridized carbons (Fsp3) is 0. The number of aromatic amines is 1. The zero-order chi connectivity index (χ0) is 15.7. The molecular formula is C15H10IN3O3. The van der Waals surface area contributed by atoms with Crippen molar-refractivity contribution in [1.82, 2.24) is 4.98 Å². The number of nitrogens with one attached hydrogen (secondary N) is 2. The molecule has 0 unspecified atom stereocenters. The van der Waals surface area contributed by atoms with Crippen molar-refractivity contribution in [1.29, 1.82) is 0 Å². The summed E-state index contributed by atoms with van der Waals surface area (Å²) in [5.41, 5.74) is 1.79. The summed E-state index contributed by atoms with van der Waals surface area (Å²) < 4.78 is 0.656. The smallest absolute Gasteiger partial charge is 0.270 e. The number of hydrogen-bond acceptors (Lipinski definition) is 3. The van der Waals surface area contributed by atoms with Gasteiger partial charge in [0.1, 0.15) is 0 Å². The van der Waals surface area contributed by atoms with Gasteiger partial charge in [-0.25, -0.2) is 0 Å². The number of nitrogens with zero attached hydrogens (tertiary/aromatic N) is 1. The van der Waals surface area contributed by atoms with Crippen LogP contribution in [-0.2, 0) is 0 Å². The summed E-state index contributed by atoms with van der Waals surface area (Å²) in [6.45, 7) is 0. The molecule has 0 spiro atoms. The van der Waals surface area contributed by atoms with Crippen molar-refractivity contribution in [2.45, 2.75) is 0 Å². The SMILES string of the molecule is O=C(Nc1ccc2[nH]ccc2c1)c1cc([N+](=O)[O-])ccc1I. The van der Waals surface area contributed by atoms with Gasteiger partial charge in [-0.15, -0.1) is 0 Å². The van der Waals surface area contributed by atoms with Crippen molar-refractivity contribution < 1.29 is 9.72 Å². The minimum atomic E-state index is -0.515. The maximum Gasteiger partial charge on any atom is 0.270 e. The third kappa shape index (κ3) is 2.80. The van der Waals surface area contributed by atoms with Crippen molar-refractivity contribution in [3.8, 4) is 0 Å². The van der Waals surface area contributed by atoms with Gasteiger partial charge in [-0.05, 0) is 52.9 Å². The minimum Gasteiger partial charge on any atom is -0.361 e. The maximum atomic E-state index is 12.3. The standard InChI is InChI=1S/C15H10IN3O3/c16-13-3-2-11(19(21)22)8-12(13)15(20)18-10-1-4-14-9(7-10)5-6-17-14/h1-8,17H,(H,18,20). The number of amides is 1. The van der Waals surface area contributed by atoms with Crippen molar-refractivity contribution in [3.63, 3.8) is 0 Å². The number of carbonyl (C=O) groups excluding carboxylic acids is 1. The summed E-state index contributed by atoms with van der Waals surface area (Å²) in [6, 6.07) is 11.6. The highest BCUT2D eigenvalue weighted by Crippen LogP contribution is 2.22. The van der Waals surface area contributed by atoms with Crippen LogP contribution in [0.3, 0.4) is 0 Å². The molecule has 0 fully saturated rings. The van der Waals surface area contributed by atoms with E-state index in [0.717, 1.165) is 10.9 Å². The molecule has 0 aliphatic heterocycles. The third-order valence-corrected chi connectivity index (χ3v) is 4.16. The van der Waals surface area contributed by atoms with Gasteiger partial charge in [0.15, 0.2) is 0 Å². The molecule has 110 valence electrons. The van der Waals surface area contributed by atoms with Gasteiger partial charge in [0.05, 0.1) is 10.5 Å². The molecule has 0 aliphatic rings. The van der Waals surface area contributed by atoms with E-state index in [1.165, 1.54) is 12.1 Å². The number of carbonyl (C=O) groups is 1. The predicted molar refractivity (Wildman–Crippen MR) is 92.1 cm³/mol. The largest absolute Gasteiger partial charge is 0.361 e. The average molecular weight is 407 g/mol. The predicted octanol–water partition coefficient (Wildman–Crippen LogP) is 3.93. The van der Waals surface area contributed by atoms with Gasteiger partial charge >= 0.3 is 0 Å². The van der Waals surface area contributed by atoms with Crippen molar-refractivity contribution >= 4 is 50.8 Å². The van der Waals surface area contributed by atoms with Crippen LogP contribution in [-0.4, -0.2) is 15.8 Å². The average Bonchev–Trinajstić information content (AvgIpc) is 2.94. The Morgan fingerprint density at radius 2 is 2.00 bits per heavy atom. The molecule has 7 heteroatoms. The van der Waals surface area contributed by atoms with E-state index < -0.39 is 4.92 Å². The lowest BCUT2D eigenvalue weighted by Gasteiger charge is -2.07. The molecule has 22 heavy (non-hydrogen) atoms. The van der Waals surface area contributed by atoms with E-state index in [2.05, 4.69) is 10.3 Å². The van der Waals surface area contributed by atoms with Crippen LogP contribution in [0, 0.1) is 13.7 Å². The first-order chi connectivity index (χ1) is 10.5.